The van der Waals surface area contributed by atoms with Crippen molar-refractivity contribution >= 4 is 5.91 Å². The lowest BCUT2D eigenvalue weighted by molar-refractivity contribution is -0.118. The van der Waals surface area contributed by atoms with Crippen LogP contribution in [0.2, 0.25) is 0 Å². The number of carbonyl (C=O) groups is 1. The molecule has 154 valence electrons. The second kappa shape index (κ2) is 7.46. The first-order valence-electron chi connectivity index (χ1n) is 11.0. The minimum absolute atomic E-state index is 0.0383. The topological polar surface area (TPSA) is 69.6 Å². The molecule has 4 nitrogen and oxygen atoms in total. The summed E-state index contributed by atoms with van der Waals surface area (Å²) in [6, 6.07) is 7.61. The number of benzene rings is 1. The second-order valence-electron chi connectivity index (χ2n) is 10.5. The maximum absolute atomic E-state index is 12.7. The first-order chi connectivity index (χ1) is 13.2. The van der Waals surface area contributed by atoms with Crippen molar-refractivity contribution in [3.8, 4) is 0 Å². The van der Waals surface area contributed by atoms with Crippen LogP contribution in [0.4, 0.5) is 0 Å². The Morgan fingerprint density at radius 1 is 1.18 bits per heavy atom. The molecule has 3 N–H and O–H groups in total. The van der Waals surface area contributed by atoms with Crippen molar-refractivity contribution in [2.75, 3.05) is 6.54 Å². The number of aryl methyl sites for hydroxylation is 1. The maximum Gasteiger partial charge on any atom is 0.251 e. The maximum atomic E-state index is 12.7. The fourth-order valence-corrected chi connectivity index (χ4v) is 6.41. The Hall–Kier alpha value is -1.39. The SMILES string of the molecule is CC(C)(O)CCc1cccc(C(=O)NC[C@H](O)C23CC4CC(CC(C4)C2)C3)c1. The van der Waals surface area contributed by atoms with Gasteiger partial charge in [0.2, 0.25) is 0 Å². The van der Waals surface area contributed by atoms with Crippen LogP contribution in [0.1, 0.15) is 74.7 Å². The van der Waals surface area contributed by atoms with E-state index in [2.05, 4.69) is 5.32 Å². The molecule has 0 radical (unpaired) electrons. The largest absolute Gasteiger partial charge is 0.391 e. The predicted molar refractivity (Wildman–Crippen MR) is 110 cm³/mol. The third-order valence-electron chi connectivity index (χ3n) is 7.46. The minimum atomic E-state index is -0.708. The first-order valence-corrected chi connectivity index (χ1v) is 11.0. The number of aliphatic hydroxyl groups is 2. The smallest absolute Gasteiger partial charge is 0.251 e. The van der Waals surface area contributed by atoms with Crippen molar-refractivity contribution in [1.82, 2.24) is 5.32 Å². The first kappa shape index (κ1) is 19.9. The number of amides is 1. The number of rotatable bonds is 7. The summed E-state index contributed by atoms with van der Waals surface area (Å²) in [6.07, 6.45) is 8.45. The van der Waals surface area contributed by atoms with E-state index in [0.717, 1.165) is 49.0 Å². The average Bonchev–Trinajstić information content (AvgIpc) is 2.62. The normalized spacial score (nSPS) is 32.4. The Labute approximate surface area is 168 Å². The number of aliphatic hydroxyl groups excluding tert-OH is 1. The fraction of sp³-hybridized carbons (Fsp3) is 0.708. The molecular formula is C24H35NO3. The summed E-state index contributed by atoms with van der Waals surface area (Å²) in [5, 5.41) is 23.9. The highest BCUT2D eigenvalue weighted by molar-refractivity contribution is 5.94. The zero-order valence-electron chi connectivity index (χ0n) is 17.3. The summed E-state index contributed by atoms with van der Waals surface area (Å²) in [5.74, 6) is 2.27. The van der Waals surface area contributed by atoms with E-state index in [4.69, 9.17) is 0 Å². The lowest BCUT2D eigenvalue weighted by atomic mass is 9.48. The van der Waals surface area contributed by atoms with Gasteiger partial charge in [0.15, 0.2) is 0 Å². The summed E-state index contributed by atoms with van der Waals surface area (Å²) in [5.41, 5.74) is 1.01. The minimum Gasteiger partial charge on any atom is -0.391 e. The van der Waals surface area contributed by atoms with Crippen LogP contribution in [0.25, 0.3) is 0 Å². The second-order valence-corrected chi connectivity index (χ2v) is 10.5. The zero-order valence-corrected chi connectivity index (χ0v) is 17.3. The van der Waals surface area contributed by atoms with Crippen LogP contribution < -0.4 is 5.32 Å². The van der Waals surface area contributed by atoms with E-state index in [9.17, 15) is 15.0 Å². The third kappa shape index (κ3) is 4.28. The van der Waals surface area contributed by atoms with Crippen LogP contribution in [0, 0.1) is 23.2 Å². The van der Waals surface area contributed by atoms with Crippen molar-refractivity contribution < 1.29 is 15.0 Å². The number of hydrogen-bond donors (Lipinski definition) is 3. The molecule has 4 aliphatic carbocycles. The molecular weight excluding hydrogens is 350 g/mol. The van der Waals surface area contributed by atoms with Crippen LogP contribution >= 0.6 is 0 Å². The van der Waals surface area contributed by atoms with Crippen molar-refractivity contribution in [2.24, 2.45) is 23.2 Å². The van der Waals surface area contributed by atoms with Crippen molar-refractivity contribution in [3.05, 3.63) is 35.4 Å². The Morgan fingerprint density at radius 2 is 1.79 bits per heavy atom. The van der Waals surface area contributed by atoms with E-state index in [1.807, 2.05) is 24.3 Å². The van der Waals surface area contributed by atoms with Crippen LogP contribution in [-0.4, -0.2) is 34.4 Å². The van der Waals surface area contributed by atoms with E-state index in [1.54, 1.807) is 13.8 Å². The van der Waals surface area contributed by atoms with Gasteiger partial charge in [-0.05, 0) is 106 Å². The van der Waals surface area contributed by atoms with Gasteiger partial charge in [-0.3, -0.25) is 4.79 Å². The monoisotopic (exact) mass is 385 g/mol. The molecule has 1 aromatic rings. The molecule has 4 bridgehead atoms. The molecule has 1 amide bonds. The van der Waals surface area contributed by atoms with Gasteiger partial charge in [0.25, 0.3) is 5.91 Å². The van der Waals surface area contributed by atoms with E-state index in [-0.39, 0.29) is 11.3 Å². The number of carbonyl (C=O) groups excluding carboxylic acids is 1. The number of hydrogen-bond acceptors (Lipinski definition) is 3. The molecule has 0 spiro atoms. The van der Waals surface area contributed by atoms with E-state index in [0.29, 0.717) is 18.5 Å². The lowest BCUT2D eigenvalue weighted by Gasteiger charge is -2.58. The highest BCUT2D eigenvalue weighted by Gasteiger charge is 2.53. The predicted octanol–water partition coefficient (Wildman–Crippen LogP) is 3.70. The van der Waals surface area contributed by atoms with Crippen LogP contribution in [0.3, 0.4) is 0 Å². The summed E-state index contributed by atoms with van der Waals surface area (Å²) < 4.78 is 0. The van der Waals surface area contributed by atoms with Crippen molar-refractivity contribution in [2.45, 2.75) is 76.9 Å². The summed E-state index contributed by atoms with van der Waals surface area (Å²) in [6.45, 7) is 3.95. The van der Waals surface area contributed by atoms with Gasteiger partial charge in [0, 0.05) is 12.1 Å². The van der Waals surface area contributed by atoms with Gasteiger partial charge in [-0.2, -0.15) is 0 Å². The highest BCUT2D eigenvalue weighted by atomic mass is 16.3. The quantitative estimate of drug-likeness (QED) is 0.670. The van der Waals surface area contributed by atoms with E-state index < -0.39 is 11.7 Å². The summed E-state index contributed by atoms with van der Waals surface area (Å²) in [4.78, 5) is 12.7. The van der Waals surface area contributed by atoms with Crippen LogP contribution in [-0.2, 0) is 6.42 Å². The summed E-state index contributed by atoms with van der Waals surface area (Å²) in [7, 11) is 0. The van der Waals surface area contributed by atoms with Crippen molar-refractivity contribution in [1.29, 1.82) is 0 Å². The van der Waals surface area contributed by atoms with Crippen LogP contribution in [0.5, 0.6) is 0 Å². The number of nitrogens with one attached hydrogen (secondary N) is 1. The van der Waals surface area contributed by atoms with Gasteiger partial charge in [0.1, 0.15) is 0 Å². The Kier molecular flexibility index (Phi) is 5.30. The Balaban J connectivity index is 1.34. The Morgan fingerprint density at radius 3 is 2.36 bits per heavy atom. The molecule has 0 aromatic heterocycles. The fourth-order valence-electron chi connectivity index (χ4n) is 6.41. The van der Waals surface area contributed by atoms with Crippen molar-refractivity contribution in [3.63, 3.8) is 0 Å². The van der Waals surface area contributed by atoms with Gasteiger partial charge in [-0.25, -0.2) is 0 Å². The molecule has 0 aliphatic heterocycles. The standard InChI is InChI=1S/C24H35NO3/c1-23(2,28)7-6-16-4-3-5-20(11-16)22(27)25-15-21(26)24-12-17-8-18(13-24)10-19(9-17)14-24/h3-5,11,17-19,21,26,28H,6-10,12-15H2,1-2H3,(H,25,27)/t17?,18?,19?,21-,24?/m0/s1. The highest BCUT2D eigenvalue weighted by Crippen LogP contribution is 2.61. The molecule has 0 saturated heterocycles. The molecule has 4 heteroatoms. The summed E-state index contributed by atoms with van der Waals surface area (Å²) >= 11 is 0. The molecule has 4 saturated carbocycles. The lowest BCUT2D eigenvalue weighted by Crippen LogP contribution is -2.54. The molecule has 4 fully saturated rings. The molecule has 28 heavy (non-hydrogen) atoms. The third-order valence-corrected chi connectivity index (χ3v) is 7.46. The van der Waals surface area contributed by atoms with Gasteiger partial charge in [-0.1, -0.05) is 12.1 Å². The molecule has 0 heterocycles. The van der Waals surface area contributed by atoms with Gasteiger partial charge in [0.05, 0.1) is 11.7 Å². The van der Waals surface area contributed by atoms with Gasteiger partial charge < -0.3 is 15.5 Å². The average molecular weight is 386 g/mol. The zero-order chi connectivity index (χ0) is 19.9. The molecule has 1 atom stereocenters. The van der Waals surface area contributed by atoms with Gasteiger partial charge in [-0.15, -0.1) is 0 Å². The van der Waals surface area contributed by atoms with Crippen LogP contribution in [0.15, 0.2) is 24.3 Å². The van der Waals surface area contributed by atoms with E-state index in [1.165, 1.54) is 19.3 Å². The molecule has 5 rings (SSSR count). The van der Waals surface area contributed by atoms with E-state index >= 15 is 0 Å². The molecule has 1 aromatic carbocycles. The molecule has 4 aliphatic rings. The Bertz CT molecular complexity index is 686. The molecule has 0 unspecified atom stereocenters. The van der Waals surface area contributed by atoms with Gasteiger partial charge >= 0.3 is 0 Å².